The summed E-state index contributed by atoms with van der Waals surface area (Å²) in [7, 11) is 1.49. The van der Waals surface area contributed by atoms with Gasteiger partial charge in [-0.15, -0.1) is 0 Å². The molecule has 5 nitrogen and oxygen atoms in total. The van der Waals surface area contributed by atoms with Crippen LogP contribution in [-0.4, -0.2) is 48.7 Å². The summed E-state index contributed by atoms with van der Waals surface area (Å²) < 4.78 is 5.61. The zero-order chi connectivity index (χ0) is 15.3. The maximum absolute atomic E-state index is 12.3. The Hall–Kier alpha value is -1.11. The Morgan fingerprint density at radius 2 is 2.10 bits per heavy atom. The number of amides is 1. The topological polar surface area (TPSA) is 66.8 Å². The normalized spacial score (nSPS) is 10.4. The molecule has 1 rings (SSSR count). The molecule has 20 heavy (non-hydrogen) atoms. The fourth-order valence-electron chi connectivity index (χ4n) is 1.65. The lowest BCUT2D eigenvalue weighted by Crippen LogP contribution is -2.38. The average Bonchev–Trinajstić information content (AvgIpc) is 2.39. The van der Waals surface area contributed by atoms with Crippen LogP contribution in [0.2, 0.25) is 5.02 Å². The van der Waals surface area contributed by atoms with Crippen molar-refractivity contribution in [1.82, 2.24) is 4.90 Å². The summed E-state index contributed by atoms with van der Waals surface area (Å²) in [5.74, 6) is -1.46. The molecule has 1 amide bonds. The predicted octanol–water partition coefficient (Wildman–Crippen LogP) is 2.58. The van der Waals surface area contributed by atoms with Crippen molar-refractivity contribution < 1.29 is 19.4 Å². The van der Waals surface area contributed by atoms with Crippen molar-refractivity contribution in [1.29, 1.82) is 0 Å². The van der Waals surface area contributed by atoms with Crippen molar-refractivity contribution >= 4 is 39.4 Å². The van der Waals surface area contributed by atoms with E-state index in [9.17, 15) is 9.59 Å². The maximum atomic E-state index is 12.3. The van der Waals surface area contributed by atoms with E-state index in [1.54, 1.807) is 6.07 Å². The van der Waals surface area contributed by atoms with Crippen molar-refractivity contribution in [3.63, 3.8) is 0 Å². The van der Waals surface area contributed by atoms with E-state index in [1.807, 2.05) is 6.92 Å². The lowest BCUT2D eigenvalue weighted by Gasteiger charge is -2.21. The number of carbonyl (C=O) groups is 2. The maximum Gasteiger partial charge on any atom is 0.323 e. The van der Waals surface area contributed by atoms with E-state index in [0.717, 1.165) is 10.0 Å². The Labute approximate surface area is 130 Å². The van der Waals surface area contributed by atoms with Crippen LogP contribution in [-0.2, 0) is 9.53 Å². The number of benzene rings is 1. The first kappa shape index (κ1) is 16.9. The fraction of sp³-hybridized carbons (Fsp3) is 0.385. The molecule has 0 saturated carbocycles. The van der Waals surface area contributed by atoms with E-state index in [4.69, 9.17) is 21.4 Å². The van der Waals surface area contributed by atoms with Gasteiger partial charge >= 0.3 is 5.97 Å². The van der Waals surface area contributed by atoms with E-state index in [2.05, 4.69) is 15.9 Å². The number of ether oxygens (including phenoxy) is 1. The highest BCUT2D eigenvalue weighted by molar-refractivity contribution is 9.10. The number of hydrogen-bond acceptors (Lipinski definition) is 3. The van der Waals surface area contributed by atoms with Crippen LogP contribution in [0.4, 0.5) is 0 Å². The van der Waals surface area contributed by atoms with Crippen LogP contribution in [0.1, 0.15) is 15.9 Å². The molecule has 110 valence electrons. The van der Waals surface area contributed by atoms with Crippen LogP contribution in [0, 0.1) is 6.92 Å². The molecule has 0 radical (unpaired) electrons. The van der Waals surface area contributed by atoms with Crippen molar-refractivity contribution in [3.8, 4) is 0 Å². The monoisotopic (exact) mass is 363 g/mol. The second kappa shape index (κ2) is 7.61. The molecule has 1 aromatic rings. The smallest absolute Gasteiger partial charge is 0.323 e. The molecule has 0 fully saturated rings. The first-order valence-electron chi connectivity index (χ1n) is 5.82. The van der Waals surface area contributed by atoms with Gasteiger partial charge in [0.2, 0.25) is 0 Å². The van der Waals surface area contributed by atoms with Gasteiger partial charge in [-0.05, 0) is 40.5 Å². The molecule has 0 atom stereocenters. The summed E-state index contributed by atoms with van der Waals surface area (Å²) in [5, 5.41) is 9.28. The van der Waals surface area contributed by atoms with Crippen LogP contribution in [0.25, 0.3) is 0 Å². The number of methoxy groups -OCH3 is 1. The highest BCUT2D eigenvalue weighted by Gasteiger charge is 2.19. The van der Waals surface area contributed by atoms with E-state index < -0.39 is 5.97 Å². The zero-order valence-corrected chi connectivity index (χ0v) is 13.5. The summed E-state index contributed by atoms with van der Waals surface area (Å²) in [4.78, 5) is 24.4. The van der Waals surface area contributed by atoms with Crippen LogP contribution in [0.15, 0.2) is 16.6 Å². The highest BCUT2D eigenvalue weighted by atomic mass is 79.9. The third-order valence-electron chi connectivity index (χ3n) is 2.64. The Bertz CT molecular complexity index is 498. The second-order valence-electron chi connectivity index (χ2n) is 4.20. The molecule has 0 aliphatic heterocycles. The number of carboxylic acid groups (broad SMARTS) is 1. The third kappa shape index (κ3) is 4.47. The van der Waals surface area contributed by atoms with Gasteiger partial charge in [0.25, 0.3) is 5.91 Å². The van der Waals surface area contributed by atoms with Gasteiger partial charge < -0.3 is 14.7 Å². The molecular formula is C13H15BrClNO4. The molecule has 0 aliphatic carbocycles. The summed E-state index contributed by atoms with van der Waals surface area (Å²) in [5.41, 5.74) is 1.16. The zero-order valence-electron chi connectivity index (χ0n) is 11.2. The number of nitrogens with zero attached hydrogens (tertiary/aromatic N) is 1. The van der Waals surface area contributed by atoms with Crippen molar-refractivity contribution in [2.24, 2.45) is 0 Å². The van der Waals surface area contributed by atoms with Crippen LogP contribution >= 0.6 is 27.5 Å². The number of hydrogen-bond donors (Lipinski definition) is 1. The number of carbonyl (C=O) groups excluding carboxylic acids is 1. The Balaban J connectivity index is 3.01. The summed E-state index contributed by atoms with van der Waals surface area (Å²) in [6, 6.07) is 3.18. The number of aliphatic carboxylic acids is 1. The average molecular weight is 365 g/mol. The Kier molecular flexibility index (Phi) is 6.45. The predicted molar refractivity (Wildman–Crippen MR) is 79.3 cm³/mol. The number of rotatable bonds is 6. The van der Waals surface area contributed by atoms with Crippen molar-refractivity contribution in [2.45, 2.75) is 6.92 Å². The molecule has 0 saturated heterocycles. The first-order chi connectivity index (χ1) is 9.36. The number of halogens is 2. The summed E-state index contributed by atoms with van der Waals surface area (Å²) >= 11 is 9.33. The van der Waals surface area contributed by atoms with Crippen molar-refractivity contribution in [2.75, 3.05) is 26.8 Å². The minimum atomic E-state index is -1.07. The van der Waals surface area contributed by atoms with E-state index in [1.165, 1.54) is 18.1 Å². The van der Waals surface area contributed by atoms with Gasteiger partial charge in [-0.2, -0.15) is 0 Å². The largest absolute Gasteiger partial charge is 0.480 e. The van der Waals surface area contributed by atoms with E-state index in [0.29, 0.717) is 10.6 Å². The molecule has 0 aliphatic rings. The highest BCUT2D eigenvalue weighted by Crippen LogP contribution is 2.28. The number of carboxylic acids is 1. The van der Waals surface area contributed by atoms with Crippen LogP contribution in [0.3, 0.4) is 0 Å². The molecular weight excluding hydrogens is 350 g/mol. The van der Waals surface area contributed by atoms with Gasteiger partial charge in [0.15, 0.2) is 0 Å². The molecule has 0 spiro atoms. The number of aryl methyl sites for hydroxylation is 1. The Morgan fingerprint density at radius 3 is 2.60 bits per heavy atom. The summed E-state index contributed by atoms with van der Waals surface area (Å²) in [6.45, 7) is 1.90. The quantitative estimate of drug-likeness (QED) is 0.842. The lowest BCUT2D eigenvalue weighted by molar-refractivity contribution is -0.137. The Morgan fingerprint density at radius 1 is 1.45 bits per heavy atom. The molecule has 0 heterocycles. The van der Waals surface area contributed by atoms with Gasteiger partial charge in [0, 0.05) is 23.7 Å². The molecule has 1 N–H and O–H groups in total. The molecule has 1 aromatic carbocycles. The summed E-state index contributed by atoms with van der Waals surface area (Å²) in [6.07, 6.45) is 0. The van der Waals surface area contributed by atoms with Crippen molar-refractivity contribution in [3.05, 3.63) is 32.8 Å². The molecule has 0 bridgehead atoms. The lowest BCUT2D eigenvalue weighted by atomic mass is 10.1. The molecule has 7 heteroatoms. The fourth-order valence-corrected chi connectivity index (χ4v) is 2.15. The first-order valence-corrected chi connectivity index (χ1v) is 6.99. The third-order valence-corrected chi connectivity index (χ3v) is 4.21. The second-order valence-corrected chi connectivity index (χ2v) is 5.40. The van der Waals surface area contributed by atoms with Crippen LogP contribution < -0.4 is 0 Å². The van der Waals surface area contributed by atoms with Gasteiger partial charge in [-0.1, -0.05) is 11.6 Å². The SMILES string of the molecule is COCCN(CC(=O)O)C(=O)c1cc(C)c(Br)c(Cl)c1. The van der Waals surface area contributed by atoms with Gasteiger partial charge in [0.05, 0.1) is 11.6 Å². The van der Waals surface area contributed by atoms with Crippen LogP contribution in [0.5, 0.6) is 0 Å². The molecule has 0 aromatic heterocycles. The standard InChI is InChI=1S/C13H15BrClNO4/c1-8-5-9(6-10(15)12(8)14)13(19)16(3-4-20-2)7-11(17)18/h5-6H,3-4,7H2,1-2H3,(H,17,18). The minimum Gasteiger partial charge on any atom is -0.480 e. The minimum absolute atomic E-state index is 0.203. The van der Waals surface area contributed by atoms with Gasteiger partial charge in [0.1, 0.15) is 6.54 Å². The van der Waals surface area contributed by atoms with Gasteiger partial charge in [-0.25, -0.2) is 0 Å². The van der Waals surface area contributed by atoms with E-state index >= 15 is 0 Å². The van der Waals surface area contributed by atoms with E-state index in [-0.39, 0.29) is 25.6 Å². The molecule has 0 unspecified atom stereocenters. The van der Waals surface area contributed by atoms with Gasteiger partial charge in [-0.3, -0.25) is 9.59 Å².